The number of imide groups is 1. The van der Waals surface area contributed by atoms with E-state index in [4.69, 9.17) is 16.3 Å². The van der Waals surface area contributed by atoms with E-state index in [1.807, 2.05) is 6.92 Å². The van der Waals surface area contributed by atoms with E-state index in [0.29, 0.717) is 23.6 Å². The van der Waals surface area contributed by atoms with Gasteiger partial charge in [0.15, 0.2) is 5.60 Å². The van der Waals surface area contributed by atoms with Crippen LogP contribution in [0.2, 0.25) is 5.02 Å². The van der Waals surface area contributed by atoms with Crippen molar-refractivity contribution in [3.63, 3.8) is 0 Å². The lowest BCUT2D eigenvalue weighted by Crippen LogP contribution is -2.42. The molecule has 3 rings (SSSR count). The molecule has 1 aliphatic heterocycles. The van der Waals surface area contributed by atoms with Gasteiger partial charge in [-0.3, -0.25) is 4.79 Å². The van der Waals surface area contributed by atoms with E-state index in [9.17, 15) is 9.59 Å². The molecular weight excluding hydrogens is 278 g/mol. The lowest BCUT2D eigenvalue weighted by molar-refractivity contribution is -0.130. The zero-order chi connectivity index (χ0) is 14.3. The van der Waals surface area contributed by atoms with Crippen molar-refractivity contribution in [2.75, 3.05) is 4.90 Å². The third kappa shape index (κ3) is 2.00. The van der Waals surface area contributed by atoms with Gasteiger partial charge in [-0.2, -0.15) is 0 Å². The first-order chi connectivity index (χ1) is 9.52. The number of benzene rings is 1. The Labute approximate surface area is 122 Å². The van der Waals surface area contributed by atoms with Crippen LogP contribution in [0.3, 0.4) is 0 Å². The molecule has 1 unspecified atom stereocenters. The molecule has 2 aliphatic rings. The van der Waals surface area contributed by atoms with Gasteiger partial charge in [-0.15, -0.1) is 0 Å². The van der Waals surface area contributed by atoms with Crippen LogP contribution >= 0.6 is 11.6 Å². The second kappa shape index (κ2) is 4.63. The molecule has 20 heavy (non-hydrogen) atoms. The van der Waals surface area contributed by atoms with Crippen LogP contribution in [0, 0.1) is 0 Å². The van der Waals surface area contributed by atoms with Crippen molar-refractivity contribution in [2.45, 2.75) is 31.8 Å². The Bertz CT molecular complexity index is 608. The molecular formula is C15H14ClNO3. The lowest BCUT2D eigenvalue weighted by Gasteiger charge is -2.28. The van der Waals surface area contributed by atoms with Crippen LogP contribution in [0.5, 0.6) is 0 Å². The molecule has 0 N–H and O–H groups in total. The predicted octanol–water partition coefficient (Wildman–Crippen LogP) is 3.69. The fourth-order valence-corrected chi connectivity index (χ4v) is 2.91. The second-order valence-electron chi connectivity index (χ2n) is 5.25. The highest BCUT2D eigenvalue weighted by atomic mass is 35.5. The Kier molecular flexibility index (Phi) is 3.05. The Balaban J connectivity index is 1.95. The molecule has 0 saturated carbocycles. The monoisotopic (exact) mass is 291 g/mol. The van der Waals surface area contributed by atoms with E-state index in [-0.39, 0.29) is 5.91 Å². The molecule has 1 aromatic carbocycles. The van der Waals surface area contributed by atoms with Gasteiger partial charge in [0, 0.05) is 17.9 Å². The van der Waals surface area contributed by atoms with E-state index in [1.165, 1.54) is 0 Å². The van der Waals surface area contributed by atoms with Crippen LogP contribution in [0.1, 0.15) is 26.2 Å². The first kappa shape index (κ1) is 13.2. The zero-order valence-corrected chi connectivity index (χ0v) is 11.8. The van der Waals surface area contributed by atoms with E-state index in [2.05, 4.69) is 6.08 Å². The maximum atomic E-state index is 12.6. The van der Waals surface area contributed by atoms with Crippen molar-refractivity contribution in [1.82, 2.24) is 0 Å². The first-order valence-electron chi connectivity index (χ1n) is 6.51. The van der Waals surface area contributed by atoms with E-state index in [1.54, 1.807) is 24.3 Å². The van der Waals surface area contributed by atoms with Gasteiger partial charge in [-0.05, 0) is 37.6 Å². The summed E-state index contributed by atoms with van der Waals surface area (Å²) in [5.41, 5.74) is 0.555. The molecule has 0 radical (unpaired) electrons. The predicted molar refractivity (Wildman–Crippen MR) is 75.8 cm³/mol. The number of amides is 2. The van der Waals surface area contributed by atoms with E-state index >= 15 is 0 Å². The average molecular weight is 292 g/mol. The summed E-state index contributed by atoms with van der Waals surface area (Å²) in [6, 6.07) is 6.58. The average Bonchev–Trinajstić information content (AvgIpc) is 2.62. The molecule has 1 aromatic rings. The summed E-state index contributed by atoms with van der Waals surface area (Å²) >= 11 is 5.83. The van der Waals surface area contributed by atoms with Gasteiger partial charge >= 0.3 is 6.09 Å². The highest BCUT2D eigenvalue weighted by Gasteiger charge is 2.54. The Morgan fingerprint density at radius 2 is 1.95 bits per heavy atom. The van der Waals surface area contributed by atoms with E-state index in [0.717, 1.165) is 16.9 Å². The molecule has 2 amide bonds. The molecule has 104 valence electrons. The summed E-state index contributed by atoms with van der Waals surface area (Å²) in [4.78, 5) is 25.8. The Morgan fingerprint density at radius 3 is 2.60 bits per heavy atom. The molecule has 4 nitrogen and oxygen atoms in total. The third-order valence-corrected chi connectivity index (χ3v) is 4.00. The number of rotatable bonds is 1. The van der Waals surface area contributed by atoms with Crippen LogP contribution in [0.4, 0.5) is 10.5 Å². The summed E-state index contributed by atoms with van der Waals surface area (Å²) in [6.07, 6.45) is 3.24. The van der Waals surface area contributed by atoms with Crippen molar-refractivity contribution in [1.29, 1.82) is 0 Å². The van der Waals surface area contributed by atoms with Gasteiger partial charge in [0.25, 0.3) is 5.91 Å². The van der Waals surface area contributed by atoms with Crippen molar-refractivity contribution in [2.24, 2.45) is 0 Å². The smallest absolute Gasteiger partial charge is 0.422 e. The van der Waals surface area contributed by atoms with Gasteiger partial charge in [-0.25, -0.2) is 9.69 Å². The molecule has 0 bridgehead atoms. The van der Waals surface area contributed by atoms with Crippen molar-refractivity contribution >= 4 is 29.3 Å². The molecule has 1 aliphatic carbocycles. The molecule has 1 spiro atoms. The summed E-state index contributed by atoms with van der Waals surface area (Å²) in [6.45, 7) is 1.95. The fraction of sp³-hybridized carbons (Fsp3) is 0.333. The summed E-state index contributed by atoms with van der Waals surface area (Å²) in [7, 11) is 0. The Hall–Kier alpha value is -1.81. The molecule has 1 atom stereocenters. The maximum Gasteiger partial charge on any atom is 0.422 e. The molecule has 1 fully saturated rings. The number of anilines is 1. The number of hydrogen-bond acceptors (Lipinski definition) is 3. The van der Waals surface area contributed by atoms with Crippen LogP contribution in [-0.4, -0.2) is 17.6 Å². The molecule has 0 aromatic heterocycles. The zero-order valence-electron chi connectivity index (χ0n) is 11.1. The normalized spacial score (nSPS) is 25.9. The van der Waals surface area contributed by atoms with Gasteiger partial charge < -0.3 is 4.74 Å². The second-order valence-corrected chi connectivity index (χ2v) is 5.68. The van der Waals surface area contributed by atoms with Crippen LogP contribution < -0.4 is 4.90 Å². The van der Waals surface area contributed by atoms with Crippen molar-refractivity contribution < 1.29 is 14.3 Å². The van der Waals surface area contributed by atoms with Gasteiger partial charge in [-0.1, -0.05) is 23.3 Å². The molecule has 1 heterocycles. The Morgan fingerprint density at radius 1 is 1.25 bits per heavy atom. The minimum Gasteiger partial charge on any atom is -0.432 e. The van der Waals surface area contributed by atoms with Gasteiger partial charge in [0.2, 0.25) is 0 Å². The fourth-order valence-electron chi connectivity index (χ4n) is 2.79. The SMILES string of the molecule is CC1=CCCC2(C1)OC(=O)N(c1ccc(Cl)cc1)C2=O. The minimum atomic E-state index is -1.02. The third-order valence-electron chi connectivity index (χ3n) is 3.75. The summed E-state index contributed by atoms with van der Waals surface area (Å²) in [5.74, 6) is -0.280. The number of hydrogen-bond donors (Lipinski definition) is 0. The number of carbonyl (C=O) groups excluding carboxylic acids is 2. The number of ether oxygens (including phenoxy) is 1. The summed E-state index contributed by atoms with van der Waals surface area (Å²) in [5, 5.41) is 0.555. The van der Waals surface area contributed by atoms with Crippen LogP contribution in [0.25, 0.3) is 0 Å². The minimum absolute atomic E-state index is 0.280. The molecule has 1 saturated heterocycles. The van der Waals surface area contributed by atoms with Crippen LogP contribution in [-0.2, 0) is 9.53 Å². The highest BCUT2D eigenvalue weighted by Crippen LogP contribution is 2.39. The number of nitrogens with zero attached hydrogens (tertiary/aromatic N) is 1. The topological polar surface area (TPSA) is 46.6 Å². The standard InChI is InChI=1S/C15H14ClNO3/c1-10-3-2-8-15(9-10)13(18)17(14(19)20-15)12-6-4-11(16)5-7-12/h3-7H,2,8-9H2,1H3. The van der Waals surface area contributed by atoms with E-state index < -0.39 is 11.7 Å². The summed E-state index contributed by atoms with van der Waals surface area (Å²) < 4.78 is 5.43. The quantitative estimate of drug-likeness (QED) is 0.741. The lowest BCUT2D eigenvalue weighted by atomic mass is 9.84. The number of halogens is 1. The van der Waals surface area contributed by atoms with Crippen molar-refractivity contribution in [3.8, 4) is 0 Å². The largest absolute Gasteiger partial charge is 0.432 e. The maximum absolute atomic E-state index is 12.6. The number of carbonyl (C=O) groups is 2. The van der Waals surface area contributed by atoms with Gasteiger partial charge in [0.05, 0.1) is 5.69 Å². The van der Waals surface area contributed by atoms with Crippen LogP contribution in [0.15, 0.2) is 35.9 Å². The first-order valence-corrected chi connectivity index (χ1v) is 6.88. The van der Waals surface area contributed by atoms with Crippen molar-refractivity contribution in [3.05, 3.63) is 40.9 Å². The number of allylic oxidation sites excluding steroid dienone is 1. The highest BCUT2D eigenvalue weighted by molar-refractivity contribution is 6.30. The molecule has 5 heteroatoms. The van der Waals surface area contributed by atoms with Gasteiger partial charge in [0.1, 0.15) is 0 Å².